The van der Waals surface area contributed by atoms with Gasteiger partial charge in [0.05, 0.1) is 0 Å². The number of benzene rings is 7. The number of hydrogen-bond donors (Lipinski definition) is 0. The Morgan fingerprint density at radius 3 is 0.741 bits per heavy atom. The Labute approximate surface area is 356 Å². The second kappa shape index (κ2) is 20.1. The molecule has 0 spiro atoms. The summed E-state index contributed by atoms with van der Waals surface area (Å²) in [6.07, 6.45) is 3.69. The zero-order valence-corrected chi connectivity index (χ0v) is 34.7. The highest BCUT2D eigenvalue weighted by Crippen LogP contribution is 2.26. The summed E-state index contributed by atoms with van der Waals surface area (Å²) < 4.78 is 1.07. The van der Waals surface area contributed by atoms with Crippen LogP contribution in [0.4, 0.5) is 0 Å². The number of Topliss-reactive ketones (excluding diaryl/α,β-unsaturated/α-hetero) is 3. The monoisotopic (exact) mass is 870 g/mol. The van der Waals surface area contributed by atoms with Gasteiger partial charge < -0.3 is 0 Å². The van der Waals surface area contributed by atoms with Gasteiger partial charge in [0.2, 0.25) is 0 Å². The van der Waals surface area contributed by atoms with E-state index in [4.69, 9.17) is 0 Å². The Balaban J connectivity index is 1.09. The Morgan fingerprint density at radius 1 is 0.293 bits per heavy atom. The summed E-state index contributed by atoms with van der Waals surface area (Å²) in [5, 5.41) is 0. The van der Waals surface area contributed by atoms with Crippen LogP contribution in [0.25, 0.3) is 0 Å². The standard InChI is InChI=1S/C54H47IO3/c55-51-31-29-47(30-32-51)54(58)50(37-43-21-25-45(26-22-43)52(56)48(33-39-13-5-1-6-14-39)34-40-15-7-2-8-16-40)38-44-23-27-46(28-24-44)53(57)49(35-41-17-9-3-10-18-41)36-42-19-11-4-12-20-42/h1-32,48-50H,33-38H2. The van der Waals surface area contributed by atoms with E-state index in [0.717, 1.165) is 37.0 Å². The first-order valence-electron chi connectivity index (χ1n) is 20.1. The number of hydrogen-bond acceptors (Lipinski definition) is 3. The fraction of sp³-hybridized carbons (Fsp3) is 0.167. The van der Waals surface area contributed by atoms with Crippen molar-refractivity contribution in [1.29, 1.82) is 0 Å². The third kappa shape index (κ3) is 11.2. The van der Waals surface area contributed by atoms with Gasteiger partial charge in [-0.3, -0.25) is 14.4 Å². The molecule has 0 heterocycles. The van der Waals surface area contributed by atoms with Crippen LogP contribution in [0.2, 0.25) is 0 Å². The van der Waals surface area contributed by atoms with Crippen molar-refractivity contribution in [3.63, 3.8) is 0 Å². The van der Waals surface area contributed by atoms with Crippen molar-refractivity contribution in [2.24, 2.45) is 17.8 Å². The van der Waals surface area contributed by atoms with Gasteiger partial charge in [0.1, 0.15) is 0 Å². The predicted molar refractivity (Wildman–Crippen MR) is 243 cm³/mol. The van der Waals surface area contributed by atoms with Crippen LogP contribution in [-0.4, -0.2) is 17.3 Å². The fourth-order valence-electron chi connectivity index (χ4n) is 7.87. The summed E-state index contributed by atoms with van der Waals surface area (Å²) in [7, 11) is 0. The van der Waals surface area contributed by atoms with Crippen molar-refractivity contribution in [2.45, 2.75) is 38.5 Å². The SMILES string of the molecule is O=C(c1ccc(I)cc1)C(Cc1ccc(C(=O)C(Cc2ccccc2)Cc2ccccc2)cc1)Cc1ccc(C(=O)C(Cc2ccccc2)Cc2ccccc2)cc1. The second-order valence-electron chi connectivity index (χ2n) is 15.3. The van der Waals surface area contributed by atoms with Crippen molar-refractivity contribution >= 4 is 39.9 Å². The minimum absolute atomic E-state index is 0.0771. The maximum atomic E-state index is 14.2. The van der Waals surface area contributed by atoms with Crippen LogP contribution in [0, 0.1) is 21.3 Å². The summed E-state index contributed by atoms with van der Waals surface area (Å²) in [6.45, 7) is 0. The van der Waals surface area contributed by atoms with E-state index in [9.17, 15) is 14.4 Å². The molecule has 58 heavy (non-hydrogen) atoms. The zero-order chi connectivity index (χ0) is 40.1. The van der Waals surface area contributed by atoms with Crippen LogP contribution >= 0.6 is 22.6 Å². The Bertz CT molecular complexity index is 2150. The number of carbonyl (C=O) groups excluding carboxylic acids is 3. The van der Waals surface area contributed by atoms with E-state index >= 15 is 0 Å². The van der Waals surface area contributed by atoms with E-state index in [1.807, 2.05) is 146 Å². The van der Waals surface area contributed by atoms with E-state index in [0.29, 0.717) is 55.2 Å². The minimum Gasteiger partial charge on any atom is -0.294 e. The van der Waals surface area contributed by atoms with E-state index in [-0.39, 0.29) is 35.1 Å². The summed E-state index contributed by atoms with van der Waals surface area (Å²) in [6, 6.07) is 64.3. The van der Waals surface area contributed by atoms with E-state index < -0.39 is 0 Å². The average molecular weight is 871 g/mol. The van der Waals surface area contributed by atoms with Gasteiger partial charge in [-0.1, -0.05) is 182 Å². The highest BCUT2D eigenvalue weighted by Gasteiger charge is 2.25. The van der Waals surface area contributed by atoms with Gasteiger partial charge >= 0.3 is 0 Å². The van der Waals surface area contributed by atoms with Crippen molar-refractivity contribution < 1.29 is 14.4 Å². The third-order valence-corrected chi connectivity index (χ3v) is 11.7. The lowest BCUT2D eigenvalue weighted by Crippen LogP contribution is -2.22. The van der Waals surface area contributed by atoms with Crippen molar-refractivity contribution in [2.75, 3.05) is 0 Å². The molecule has 0 fully saturated rings. The molecule has 4 heteroatoms. The predicted octanol–water partition coefficient (Wildman–Crippen LogP) is 12.1. The molecule has 7 aromatic rings. The van der Waals surface area contributed by atoms with E-state index in [1.165, 1.54) is 0 Å². The Kier molecular flexibility index (Phi) is 14.0. The van der Waals surface area contributed by atoms with Gasteiger partial charge in [-0.25, -0.2) is 0 Å². The topological polar surface area (TPSA) is 51.2 Å². The second-order valence-corrected chi connectivity index (χ2v) is 16.5. The summed E-state index contributed by atoms with van der Waals surface area (Å²) in [4.78, 5) is 42.3. The summed E-state index contributed by atoms with van der Waals surface area (Å²) in [5.74, 6) is -0.421. The largest absolute Gasteiger partial charge is 0.294 e. The first kappa shape index (κ1) is 40.5. The van der Waals surface area contributed by atoms with Crippen LogP contribution in [0.5, 0.6) is 0 Å². The third-order valence-electron chi connectivity index (χ3n) is 11.0. The van der Waals surface area contributed by atoms with Crippen LogP contribution in [0.1, 0.15) is 64.5 Å². The molecule has 0 radical (unpaired) electrons. The quantitative estimate of drug-likeness (QED) is 0.0638. The molecule has 288 valence electrons. The Morgan fingerprint density at radius 2 is 0.500 bits per heavy atom. The normalized spacial score (nSPS) is 11.2. The molecule has 0 N–H and O–H groups in total. The number of carbonyl (C=O) groups is 3. The first-order chi connectivity index (χ1) is 28.4. The molecular weight excluding hydrogens is 823 g/mol. The molecule has 0 aliphatic heterocycles. The zero-order valence-electron chi connectivity index (χ0n) is 32.6. The van der Waals surface area contributed by atoms with Crippen molar-refractivity contribution in [3.05, 3.63) is 248 Å². The highest BCUT2D eigenvalue weighted by atomic mass is 127. The van der Waals surface area contributed by atoms with Gasteiger partial charge in [-0.05, 0) is 107 Å². The van der Waals surface area contributed by atoms with Gasteiger partial charge in [-0.2, -0.15) is 0 Å². The van der Waals surface area contributed by atoms with Crippen LogP contribution in [-0.2, 0) is 38.5 Å². The van der Waals surface area contributed by atoms with E-state index in [2.05, 4.69) is 71.1 Å². The molecule has 7 rings (SSSR count). The Hall–Kier alpha value is -5.72. The van der Waals surface area contributed by atoms with Gasteiger partial charge in [0.15, 0.2) is 17.3 Å². The van der Waals surface area contributed by atoms with Crippen molar-refractivity contribution in [3.8, 4) is 0 Å². The van der Waals surface area contributed by atoms with Gasteiger partial charge in [0.25, 0.3) is 0 Å². The molecule has 0 aliphatic rings. The summed E-state index contributed by atoms with van der Waals surface area (Å²) >= 11 is 2.26. The van der Waals surface area contributed by atoms with E-state index in [1.54, 1.807) is 0 Å². The van der Waals surface area contributed by atoms with Gasteiger partial charge in [0, 0.05) is 38.0 Å². The molecule has 0 atom stereocenters. The molecule has 7 aromatic carbocycles. The van der Waals surface area contributed by atoms with Gasteiger partial charge in [-0.15, -0.1) is 0 Å². The molecule has 0 aliphatic carbocycles. The van der Waals surface area contributed by atoms with Crippen LogP contribution in [0.3, 0.4) is 0 Å². The average Bonchev–Trinajstić information content (AvgIpc) is 3.27. The molecule has 0 saturated heterocycles. The molecule has 0 bridgehead atoms. The lowest BCUT2D eigenvalue weighted by Gasteiger charge is -2.19. The van der Waals surface area contributed by atoms with Crippen LogP contribution < -0.4 is 0 Å². The number of ketones is 3. The lowest BCUT2D eigenvalue weighted by atomic mass is 9.83. The molecule has 0 unspecified atom stereocenters. The lowest BCUT2D eigenvalue weighted by molar-refractivity contribution is 0.0909. The minimum atomic E-state index is -0.337. The smallest absolute Gasteiger partial charge is 0.166 e. The summed E-state index contributed by atoms with van der Waals surface area (Å²) in [5.41, 5.74) is 8.60. The number of halogens is 1. The molecular formula is C54H47IO3. The number of rotatable bonds is 18. The first-order valence-corrected chi connectivity index (χ1v) is 21.2. The van der Waals surface area contributed by atoms with Crippen LogP contribution in [0.15, 0.2) is 194 Å². The molecule has 0 saturated carbocycles. The molecule has 3 nitrogen and oxygen atoms in total. The van der Waals surface area contributed by atoms with Crippen molar-refractivity contribution in [1.82, 2.24) is 0 Å². The molecule has 0 amide bonds. The maximum Gasteiger partial charge on any atom is 0.166 e. The molecule has 0 aromatic heterocycles. The maximum absolute atomic E-state index is 14.2. The fourth-order valence-corrected chi connectivity index (χ4v) is 8.23. The highest BCUT2D eigenvalue weighted by molar-refractivity contribution is 14.1.